The number of hydrogen-bond acceptors (Lipinski definition) is 4. The fraction of sp³-hybridized carbons (Fsp3) is 0.500. The average Bonchev–Trinajstić information content (AvgIpc) is 2.65. The van der Waals surface area contributed by atoms with Crippen molar-refractivity contribution in [3.8, 4) is 23.0 Å². The minimum Gasteiger partial charge on any atom is -0.508 e. The molecule has 0 saturated carbocycles. The van der Waals surface area contributed by atoms with Gasteiger partial charge in [0.15, 0.2) is 0 Å². The maximum Gasteiger partial charge on any atom is 0.122 e. The van der Waals surface area contributed by atoms with Gasteiger partial charge >= 0.3 is 0 Å². The summed E-state index contributed by atoms with van der Waals surface area (Å²) in [7, 11) is 0. The Bertz CT molecular complexity index is 727. The molecule has 28 heavy (non-hydrogen) atoms. The van der Waals surface area contributed by atoms with Crippen molar-refractivity contribution in [1.29, 1.82) is 0 Å². The number of phenolic OH excluding ortho intramolecular Hbond substituents is 4. The third-order valence-electron chi connectivity index (χ3n) is 5.40. The molecule has 154 valence electrons. The summed E-state index contributed by atoms with van der Waals surface area (Å²) < 4.78 is 0. The van der Waals surface area contributed by atoms with Crippen molar-refractivity contribution < 1.29 is 20.4 Å². The maximum absolute atomic E-state index is 10.3. The highest BCUT2D eigenvalue weighted by Gasteiger charge is 2.18. The lowest BCUT2D eigenvalue weighted by molar-refractivity contribution is 0.428. The van der Waals surface area contributed by atoms with Gasteiger partial charge in [-0.2, -0.15) is 0 Å². The summed E-state index contributed by atoms with van der Waals surface area (Å²) in [5.74, 6) is 0.270. The maximum atomic E-state index is 10.3. The molecule has 0 heterocycles. The van der Waals surface area contributed by atoms with E-state index < -0.39 is 0 Å². The van der Waals surface area contributed by atoms with Crippen LogP contribution in [0.3, 0.4) is 0 Å². The molecular formula is C24H34O4. The zero-order chi connectivity index (χ0) is 20.4. The molecule has 0 radical (unpaired) electrons. The lowest BCUT2D eigenvalue weighted by atomic mass is 9.86. The monoisotopic (exact) mass is 386 g/mol. The Morgan fingerprint density at radius 3 is 1.86 bits per heavy atom. The van der Waals surface area contributed by atoms with E-state index in [1.54, 1.807) is 24.3 Å². The molecule has 0 fully saturated rings. The summed E-state index contributed by atoms with van der Waals surface area (Å²) >= 11 is 0. The van der Waals surface area contributed by atoms with E-state index in [2.05, 4.69) is 6.92 Å². The van der Waals surface area contributed by atoms with Crippen molar-refractivity contribution in [1.82, 2.24) is 0 Å². The van der Waals surface area contributed by atoms with Crippen LogP contribution in [0.5, 0.6) is 23.0 Å². The van der Waals surface area contributed by atoms with Gasteiger partial charge in [-0.05, 0) is 42.0 Å². The molecule has 0 aliphatic carbocycles. The van der Waals surface area contributed by atoms with Gasteiger partial charge in [-0.25, -0.2) is 0 Å². The fourth-order valence-electron chi connectivity index (χ4n) is 3.76. The molecule has 1 unspecified atom stereocenters. The van der Waals surface area contributed by atoms with E-state index in [9.17, 15) is 20.4 Å². The van der Waals surface area contributed by atoms with E-state index in [0.29, 0.717) is 6.42 Å². The molecular weight excluding hydrogens is 352 g/mol. The van der Waals surface area contributed by atoms with Crippen molar-refractivity contribution >= 4 is 0 Å². The lowest BCUT2D eigenvalue weighted by Crippen LogP contribution is -2.04. The number of hydrogen-bond donors (Lipinski definition) is 4. The summed E-state index contributed by atoms with van der Waals surface area (Å²) in [6.45, 7) is 2.23. The predicted molar refractivity (Wildman–Crippen MR) is 113 cm³/mol. The number of aromatic hydroxyl groups is 4. The minimum atomic E-state index is 0.0355. The van der Waals surface area contributed by atoms with Gasteiger partial charge in [-0.3, -0.25) is 0 Å². The van der Waals surface area contributed by atoms with Crippen molar-refractivity contribution in [3.63, 3.8) is 0 Å². The van der Waals surface area contributed by atoms with Crippen LogP contribution >= 0.6 is 0 Å². The van der Waals surface area contributed by atoms with Gasteiger partial charge in [-0.1, -0.05) is 70.4 Å². The molecule has 2 rings (SSSR count). The van der Waals surface area contributed by atoms with Crippen LogP contribution in [-0.2, 0) is 6.42 Å². The van der Waals surface area contributed by atoms with Crippen LogP contribution < -0.4 is 0 Å². The molecule has 0 bridgehead atoms. The summed E-state index contributed by atoms with van der Waals surface area (Å²) in [6.07, 6.45) is 11.4. The third kappa shape index (κ3) is 6.99. The first-order valence-electron chi connectivity index (χ1n) is 10.5. The highest BCUT2D eigenvalue weighted by atomic mass is 16.3. The first kappa shape index (κ1) is 21.9. The Labute approximate surface area is 168 Å². The van der Waals surface area contributed by atoms with Gasteiger partial charge in [0.05, 0.1) is 0 Å². The van der Waals surface area contributed by atoms with Gasteiger partial charge in [0.25, 0.3) is 0 Å². The predicted octanol–water partition coefficient (Wildman–Crippen LogP) is 6.37. The summed E-state index contributed by atoms with van der Waals surface area (Å²) in [5.41, 5.74) is 1.53. The standard InChI is InChI=1S/C24H34O4/c1-2-3-4-5-6-7-8-9-10-18(22-14-13-21(26)17-24(22)28)15-19-11-12-20(25)16-23(19)27/h11-14,16-18,25-28H,2-10,15H2,1H3. The Balaban J connectivity index is 1.98. The molecule has 1 atom stereocenters. The van der Waals surface area contributed by atoms with Crippen LogP contribution in [0, 0.1) is 0 Å². The van der Waals surface area contributed by atoms with E-state index in [0.717, 1.165) is 30.4 Å². The second-order valence-electron chi connectivity index (χ2n) is 7.72. The average molecular weight is 387 g/mol. The first-order chi connectivity index (χ1) is 13.5. The SMILES string of the molecule is CCCCCCCCCCC(Cc1ccc(O)cc1O)c1ccc(O)cc1O. The first-order valence-corrected chi connectivity index (χ1v) is 10.5. The largest absolute Gasteiger partial charge is 0.508 e. The second kappa shape index (κ2) is 11.5. The Hall–Kier alpha value is -2.36. The molecule has 4 N–H and O–H groups in total. The van der Waals surface area contributed by atoms with Crippen LogP contribution in [0.4, 0.5) is 0 Å². The van der Waals surface area contributed by atoms with E-state index >= 15 is 0 Å². The molecule has 0 aliphatic rings. The second-order valence-corrected chi connectivity index (χ2v) is 7.72. The third-order valence-corrected chi connectivity index (χ3v) is 5.40. The van der Waals surface area contributed by atoms with Gasteiger partial charge in [-0.15, -0.1) is 0 Å². The molecule has 0 aromatic heterocycles. The molecule has 0 amide bonds. The van der Waals surface area contributed by atoms with Crippen molar-refractivity contribution in [2.75, 3.05) is 0 Å². The summed E-state index contributed by atoms with van der Waals surface area (Å²) in [6, 6.07) is 9.36. The quantitative estimate of drug-likeness (QED) is 0.320. The van der Waals surface area contributed by atoms with E-state index in [-0.39, 0.29) is 28.9 Å². The molecule has 2 aromatic rings. The Morgan fingerprint density at radius 1 is 0.679 bits per heavy atom. The lowest BCUT2D eigenvalue weighted by Gasteiger charge is -2.20. The van der Waals surface area contributed by atoms with Crippen molar-refractivity contribution in [2.45, 2.75) is 77.0 Å². The van der Waals surface area contributed by atoms with Gasteiger partial charge in [0.2, 0.25) is 0 Å². The normalized spacial score (nSPS) is 12.2. The zero-order valence-corrected chi connectivity index (χ0v) is 16.9. The minimum absolute atomic E-state index is 0.0355. The van der Waals surface area contributed by atoms with Crippen LogP contribution in [0.15, 0.2) is 36.4 Å². The van der Waals surface area contributed by atoms with Gasteiger partial charge in [0, 0.05) is 12.1 Å². The van der Waals surface area contributed by atoms with E-state index in [4.69, 9.17) is 0 Å². The van der Waals surface area contributed by atoms with Crippen molar-refractivity contribution in [2.24, 2.45) is 0 Å². The van der Waals surface area contributed by atoms with E-state index in [1.807, 2.05) is 0 Å². The molecule has 4 heteroatoms. The summed E-state index contributed by atoms with van der Waals surface area (Å²) in [5, 5.41) is 39.6. The Kier molecular flexibility index (Phi) is 8.99. The zero-order valence-electron chi connectivity index (χ0n) is 16.9. The van der Waals surface area contributed by atoms with Crippen molar-refractivity contribution in [3.05, 3.63) is 47.5 Å². The number of phenols is 4. The van der Waals surface area contributed by atoms with Gasteiger partial charge in [0.1, 0.15) is 23.0 Å². The highest BCUT2D eigenvalue weighted by Crippen LogP contribution is 2.37. The number of unbranched alkanes of at least 4 members (excludes halogenated alkanes) is 7. The van der Waals surface area contributed by atoms with Crippen LogP contribution in [0.2, 0.25) is 0 Å². The molecule has 4 nitrogen and oxygen atoms in total. The van der Waals surface area contributed by atoms with E-state index in [1.165, 1.54) is 50.7 Å². The molecule has 0 spiro atoms. The number of rotatable bonds is 12. The molecule has 0 aliphatic heterocycles. The Morgan fingerprint density at radius 2 is 1.25 bits per heavy atom. The summed E-state index contributed by atoms with van der Waals surface area (Å²) in [4.78, 5) is 0. The highest BCUT2D eigenvalue weighted by molar-refractivity contribution is 5.44. The molecule has 2 aromatic carbocycles. The molecule has 0 saturated heterocycles. The fourth-order valence-corrected chi connectivity index (χ4v) is 3.76. The van der Waals surface area contributed by atoms with Crippen LogP contribution in [0.1, 0.15) is 81.8 Å². The smallest absolute Gasteiger partial charge is 0.122 e. The van der Waals surface area contributed by atoms with Gasteiger partial charge < -0.3 is 20.4 Å². The topological polar surface area (TPSA) is 80.9 Å². The van der Waals surface area contributed by atoms with Crippen LogP contribution in [0.25, 0.3) is 0 Å². The number of benzene rings is 2. The van der Waals surface area contributed by atoms with Crippen LogP contribution in [-0.4, -0.2) is 20.4 Å².